The molecule has 11 heteroatoms. The van der Waals surface area contributed by atoms with Crippen LogP contribution in [0.5, 0.6) is 5.75 Å². The summed E-state index contributed by atoms with van der Waals surface area (Å²) in [5.41, 5.74) is 5.27. The van der Waals surface area contributed by atoms with Crippen molar-refractivity contribution in [3.05, 3.63) is 75.5 Å². The van der Waals surface area contributed by atoms with Gasteiger partial charge in [0.15, 0.2) is 0 Å². The Morgan fingerprint density at radius 1 is 1.07 bits per heavy atom. The molecule has 3 heterocycles. The number of amides is 1. The highest BCUT2D eigenvalue weighted by molar-refractivity contribution is 9.10. The first-order valence-corrected chi connectivity index (χ1v) is 14.0. The summed E-state index contributed by atoms with van der Waals surface area (Å²) in [4.78, 5) is 26.9. The molecule has 1 fully saturated rings. The highest BCUT2D eigenvalue weighted by Crippen LogP contribution is 2.33. The summed E-state index contributed by atoms with van der Waals surface area (Å²) in [5.74, 6) is 0.879. The zero-order valence-corrected chi connectivity index (χ0v) is 25.2. The van der Waals surface area contributed by atoms with Crippen molar-refractivity contribution in [3.8, 4) is 17.1 Å². The van der Waals surface area contributed by atoms with Gasteiger partial charge in [-0.25, -0.2) is 9.97 Å². The molecule has 40 heavy (non-hydrogen) atoms. The number of carbonyl (C=O) groups is 1. The smallest absolute Gasteiger partial charge is 0.257 e. The molecule has 0 unspecified atom stereocenters. The lowest BCUT2D eigenvalue weighted by Crippen LogP contribution is -2.44. The third-order valence-corrected chi connectivity index (χ3v) is 7.73. The van der Waals surface area contributed by atoms with Gasteiger partial charge in [0, 0.05) is 61.8 Å². The first kappa shape index (κ1) is 27.9. The molecule has 0 spiro atoms. The predicted molar refractivity (Wildman–Crippen MR) is 164 cm³/mol. The van der Waals surface area contributed by atoms with Crippen LogP contribution in [0.15, 0.2) is 59.3 Å². The van der Waals surface area contributed by atoms with E-state index in [0.29, 0.717) is 33.7 Å². The lowest BCUT2D eigenvalue weighted by molar-refractivity contribution is 0.102. The molecular weight excluding hydrogens is 594 g/mol. The average Bonchev–Trinajstić information content (AvgIpc) is 3.33. The quantitative estimate of drug-likeness (QED) is 0.262. The Labute approximate surface area is 247 Å². The number of piperazine rings is 1. The van der Waals surface area contributed by atoms with E-state index in [1.807, 2.05) is 42.8 Å². The first-order chi connectivity index (χ1) is 19.2. The Balaban J connectivity index is 1.34. The zero-order chi connectivity index (χ0) is 28.4. The Bertz CT molecular complexity index is 1530. The fourth-order valence-corrected chi connectivity index (χ4v) is 5.73. The molecule has 1 aliphatic rings. The van der Waals surface area contributed by atoms with E-state index < -0.39 is 0 Å². The summed E-state index contributed by atoms with van der Waals surface area (Å²) < 4.78 is 8.41. The highest BCUT2D eigenvalue weighted by atomic mass is 79.9. The lowest BCUT2D eigenvalue weighted by atomic mass is 10.2. The van der Waals surface area contributed by atoms with Crippen molar-refractivity contribution in [1.29, 1.82) is 0 Å². The topological polar surface area (TPSA) is 87.5 Å². The van der Waals surface area contributed by atoms with Gasteiger partial charge in [0.1, 0.15) is 5.75 Å². The van der Waals surface area contributed by atoms with Crippen molar-refractivity contribution >= 4 is 56.4 Å². The van der Waals surface area contributed by atoms with Crippen LogP contribution in [0.25, 0.3) is 11.4 Å². The third-order valence-electron chi connectivity index (χ3n) is 6.98. The van der Waals surface area contributed by atoms with Crippen molar-refractivity contribution < 1.29 is 9.53 Å². The monoisotopic (exact) mass is 623 g/mol. The second-order valence-electron chi connectivity index (χ2n) is 9.82. The molecule has 1 saturated heterocycles. The van der Waals surface area contributed by atoms with Crippen molar-refractivity contribution in [1.82, 2.24) is 19.4 Å². The number of aryl methyl sites for hydroxylation is 2. The van der Waals surface area contributed by atoms with Crippen LogP contribution in [-0.4, -0.2) is 65.7 Å². The number of carbonyl (C=O) groups excluding carboxylic acids is 1. The summed E-state index contributed by atoms with van der Waals surface area (Å²) >= 11 is 9.80. The first-order valence-electron chi connectivity index (χ1n) is 12.9. The van der Waals surface area contributed by atoms with Crippen LogP contribution in [0.4, 0.5) is 23.0 Å². The Hall–Kier alpha value is -3.60. The van der Waals surface area contributed by atoms with Gasteiger partial charge >= 0.3 is 0 Å². The van der Waals surface area contributed by atoms with Gasteiger partial charge < -0.3 is 29.7 Å². The number of hydrogen-bond donors (Lipinski definition) is 2. The Morgan fingerprint density at radius 3 is 2.58 bits per heavy atom. The molecule has 0 bridgehead atoms. The van der Waals surface area contributed by atoms with Gasteiger partial charge in [0.25, 0.3) is 5.91 Å². The number of halogens is 2. The number of methoxy groups -OCH3 is 1. The number of ether oxygens (including phenoxy) is 1. The van der Waals surface area contributed by atoms with Crippen molar-refractivity contribution in [3.63, 3.8) is 0 Å². The molecule has 9 nitrogen and oxygen atoms in total. The summed E-state index contributed by atoms with van der Waals surface area (Å²) in [5, 5.41) is 6.69. The number of nitrogens with zero attached hydrogens (tertiary/aromatic N) is 5. The highest BCUT2D eigenvalue weighted by Gasteiger charge is 2.18. The average molecular weight is 625 g/mol. The summed E-state index contributed by atoms with van der Waals surface area (Å²) in [7, 11) is 5.68. The Morgan fingerprint density at radius 2 is 1.85 bits per heavy atom. The van der Waals surface area contributed by atoms with Gasteiger partial charge in [0.2, 0.25) is 5.95 Å². The molecule has 2 aromatic carbocycles. The van der Waals surface area contributed by atoms with Gasteiger partial charge in [-0.15, -0.1) is 0 Å². The maximum Gasteiger partial charge on any atom is 0.257 e. The molecule has 1 aliphatic heterocycles. The van der Waals surface area contributed by atoms with Crippen molar-refractivity contribution in [2.24, 2.45) is 7.05 Å². The molecule has 1 amide bonds. The number of aromatic nitrogens is 3. The summed E-state index contributed by atoms with van der Waals surface area (Å²) in [6, 6.07) is 13.4. The molecule has 0 aliphatic carbocycles. The van der Waals surface area contributed by atoms with Gasteiger partial charge in [-0.05, 0) is 55.9 Å². The Kier molecular flexibility index (Phi) is 8.30. The standard InChI is InChI=1S/C29H31BrClN7O2/c1-18-13-20(30)15-22(31)27(18)35-28(39)19-14-25(37(3)17-19)23-7-8-32-29(33-23)34-24-6-5-21(16-26(24)40-4)38-11-9-36(2)10-12-38/h5-8,13-17H,9-12H2,1-4H3,(H,35,39)(H,32,33,34). The van der Waals surface area contributed by atoms with Crippen LogP contribution in [0.1, 0.15) is 15.9 Å². The molecule has 0 saturated carbocycles. The van der Waals surface area contributed by atoms with Crippen LogP contribution < -0.4 is 20.3 Å². The fraction of sp³-hybridized carbons (Fsp3) is 0.276. The normalized spacial score (nSPS) is 13.8. The maximum atomic E-state index is 13.1. The fourth-order valence-electron chi connectivity index (χ4n) is 4.72. The van der Waals surface area contributed by atoms with Gasteiger partial charge in [-0.2, -0.15) is 0 Å². The van der Waals surface area contributed by atoms with Crippen LogP contribution >= 0.6 is 27.5 Å². The number of anilines is 4. The minimum Gasteiger partial charge on any atom is -0.494 e. The van der Waals surface area contributed by atoms with Gasteiger partial charge in [-0.1, -0.05) is 27.5 Å². The van der Waals surface area contributed by atoms with Crippen molar-refractivity contribution in [2.45, 2.75) is 6.92 Å². The molecule has 0 atom stereocenters. The van der Waals surface area contributed by atoms with E-state index in [1.54, 1.807) is 31.6 Å². The van der Waals surface area contributed by atoms with E-state index in [1.165, 1.54) is 0 Å². The summed E-state index contributed by atoms with van der Waals surface area (Å²) in [6.07, 6.45) is 3.45. The number of likely N-dealkylation sites (N-methyl/N-ethyl adjacent to an activating group) is 1. The van der Waals surface area contributed by atoms with Crippen LogP contribution in [0.3, 0.4) is 0 Å². The largest absolute Gasteiger partial charge is 0.494 e. The minimum absolute atomic E-state index is 0.258. The van der Waals surface area contributed by atoms with Crippen LogP contribution in [0, 0.1) is 6.92 Å². The predicted octanol–water partition coefficient (Wildman–Crippen LogP) is 5.96. The van der Waals surface area contributed by atoms with Gasteiger partial charge in [0.05, 0.1) is 40.5 Å². The van der Waals surface area contributed by atoms with E-state index in [0.717, 1.165) is 53.3 Å². The molecule has 5 rings (SSSR count). The number of benzene rings is 2. The SMILES string of the molecule is COc1cc(N2CCN(C)CC2)ccc1Nc1nccc(-c2cc(C(=O)Nc3c(C)cc(Br)cc3Cl)cn2C)n1. The van der Waals surface area contributed by atoms with E-state index in [2.05, 4.69) is 54.5 Å². The molecule has 4 aromatic rings. The zero-order valence-electron chi connectivity index (χ0n) is 22.8. The second-order valence-corrected chi connectivity index (χ2v) is 11.1. The number of rotatable bonds is 7. The van der Waals surface area contributed by atoms with E-state index in [-0.39, 0.29) is 5.91 Å². The van der Waals surface area contributed by atoms with Gasteiger partial charge in [-0.3, -0.25) is 4.79 Å². The van der Waals surface area contributed by atoms with E-state index >= 15 is 0 Å². The third kappa shape index (κ3) is 6.09. The minimum atomic E-state index is -0.258. The number of hydrogen-bond acceptors (Lipinski definition) is 7. The molecular formula is C29H31BrClN7O2. The maximum absolute atomic E-state index is 13.1. The van der Waals surface area contributed by atoms with E-state index in [4.69, 9.17) is 21.3 Å². The summed E-state index contributed by atoms with van der Waals surface area (Å²) in [6.45, 7) is 5.91. The van der Waals surface area contributed by atoms with Crippen LogP contribution in [-0.2, 0) is 7.05 Å². The lowest BCUT2D eigenvalue weighted by Gasteiger charge is -2.34. The molecule has 2 aromatic heterocycles. The van der Waals surface area contributed by atoms with Crippen molar-refractivity contribution in [2.75, 3.05) is 55.9 Å². The molecule has 2 N–H and O–H groups in total. The number of nitrogens with one attached hydrogen (secondary N) is 2. The van der Waals surface area contributed by atoms with E-state index in [9.17, 15) is 4.79 Å². The van der Waals surface area contributed by atoms with Crippen LogP contribution in [0.2, 0.25) is 5.02 Å². The molecule has 0 radical (unpaired) electrons. The second kappa shape index (κ2) is 11.9. The molecule has 208 valence electrons.